The Hall–Kier alpha value is -1.88. The SMILES string of the molecule is NC=C1CC(S(=O)(=O)O)=Cc2c1ccc(N)c2S(=O)(=O)O. The molecule has 0 bridgehead atoms. The van der Waals surface area contributed by atoms with Gasteiger partial charge >= 0.3 is 0 Å². The lowest BCUT2D eigenvalue weighted by atomic mass is 9.92. The van der Waals surface area contributed by atoms with Crippen molar-refractivity contribution in [2.75, 3.05) is 5.73 Å². The van der Waals surface area contributed by atoms with Crippen LogP contribution in [0.5, 0.6) is 0 Å². The van der Waals surface area contributed by atoms with Crippen LogP contribution >= 0.6 is 0 Å². The van der Waals surface area contributed by atoms with E-state index in [1.54, 1.807) is 0 Å². The van der Waals surface area contributed by atoms with Gasteiger partial charge in [-0.1, -0.05) is 6.07 Å². The Bertz CT molecular complexity index is 882. The molecule has 6 N–H and O–H groups in total. The summed E-state index contributed by atoms with van der Waals surface area (Å²) in [6, 6.07) is 2.72. The van der Waals surface area contributed by atoms with Gasteiger partial charge in [0.1, 0.15) is 4.90 Å². The normalized spacial score (nSPS) is 17.4. The van der Waals surface area contributed by atoms with Crippen molar-refractivity contribution in [3.05, 3.63) is 34.4 Å². The molecule has 0 heterocycles. The molecule has 0 fully saturated rings. The molecule has 0 saturated carbocycles. The number of rotatable bonds is 2. The molecule has 8 nitrogen and oxygen atoms in total. The Balaban J connectivity index is 2.94. The molecule has 0 amide bonds. The number of nitrogen functional groups attached to an aromatic ring is 1. The highest BCUT2D eigenvalue weighted by Crippen LogP contribution is 2.39. The number of hydrogen-bond donors (Lipinski definition) is 4. The van der Waals surface area contributed by atoms with E-state index in [9.17, 15) is 21.4 Å². The fourth-order valence-corrected chi connectivity index (χ4v) is 3.55. The number of benzene rings is 1. The van der Waals surface area contributed by atoms with Gasteiger partial charge < -0.3 is 11.5 Å². The lowest BCUT2D eigenvalue weighted by Gasteiger charge is -2.20. The summed E-state index contributed by atoms with van der Waals surface area (Å²) in [6.07, 6.45) is 1.86. The van der Waals surface area contributed by atoms with E-state index < -0.39 is 30.0 Å². The molecule has 0 spiro atoms. The summed E-state index contributed by atoms with van der Waals surface area (Å²) in [4.78, 5) is -1.07. The first-order valence-corrected chi connectivity index (χ1v) is 8.43. The van der Waals surface area contributed by atoms with Gasteiger partial charge in [0.25, 0.3) is 20.2 Å². The van der Waals surface area contributed by atoms with E-state index in [0.717, 1.165) is 12.3 Å². The van der Waals surface area contributed by atoms with Gasteiger partial charge in [-0.15, -0.1) is 0 Å². The highest BCUT2D eigenvalue weighted by Gasteiger charge is 2.29. The van der Waals surface area contributed by atoms with Crippen LogP contribution in [-0.2, 0) is 20.2 Å². The minimum absolute atomic E-state index is 0.131. The number of fused-ring (bicyclic) bond motifs is 1. The van der Waals surface area contributed by atoms with Crippen LogP contribution in [0, 0.1) is 0 Å². The first-order valence-electron chi connectivity index (χ1n) is 5.55. The Labute approximate surface area is 121 Å². The fourth-order valence-electron chi connectivity index (χ4n) is 2.14. The number of anilines is 1. The van der Waals surface area contributed by atoms with E-state index >= 15 is 0 Å². The Kier molecular flexibility index (Phi) is 3.58. The van der Waals surface area contributed by atoms with Crippen molar-refractivity contribution in [1.82, 2.24) is 0 Å². The number of nitrogens with two attached hydrogens (primary N) is 2. The summed E-state index contributed by atoms with van der Waals surface area (Å²) in [5.41, 5.74) is 11.2. The topological polar surface area (TPSA) is 161 Å². The Morgan fingerprint density at radius 1 is 1.10 bits per heavy atom. The summed E-state index contributed by atoms with van der Waals surface area (Å²) in [5, 5.41) is 0. The maximum Gasteiger partial charge on any atom is 0.297 e. The summed E-state index contributed by atoms with van der Waals surface area (Å²) >= 11 is 0. The molecule has 0 aliphatic heterocycles. The lowest BCUT2D eigenvalue weighted by Crippen LogP contribution is -2.13. The van der Waals surface area contributed by atoms with E-state index in [2.05, 4.69) is 0 Å². The molecular weight excluding hydrogens is 320 g/mol. The Morgan fingerprint density at radius 2 is 1.71 bits per heavy atom. The van der Waals surface area contributed by atoms with Crippen molar-refractivity contribution >= 4 is 37.6 Å². The molecule has 0 aromatic heterocycles. The predicted octanol–water partition coefficient (Wildman–Crippen LogP) is 0.448. The second-order valence-electron chi connectivity index (χ2n) is 4.37. The summed E-state index contributed by atoms with van der Waals surface area (Å²) < 4.78 is 63.9. The molecule has 0 atom stereocenters. The number of allylic oxidation sites excluding steroid dienone is 2. The van der Waals surface area contributed by atoms with Crippen LogP contribution in [0.3, 0.4) is 0 Å². The minimum Gasteiger partial charge on any atom is -0.404 e. The van der Waals surface area contributed by atoms with Crippen molar-refractivity contribution in [2.24, 2.45) is 5.73 Å². The molecule has 0 unspecified atom stereocenters. The van der Waals surface area contributed by atoms with Crippen molar-refractivity contribution in [1.29, 1.82) is 0 Å². The van der Waals surface area contributed by atoms with E-state index in [0.29, 0.717) is 5.56 Å². The zero-order valence-electron chi connectivity index (χ0n) is 10.5. The zero-order valence-corrected chi connectivity index (χ0v) is 12.1. The number of hydrogen-bond acceptors (Lipinski definition) is 6. The first kappa shape index (κ1) is 15.5. The maximum atomic E-state index is 11.5. The van der Waals surface area contributed by atoms with Crippen LogP contribution in [0.15, 0.2) is 28.1 Å². The average Bonchev–Trinajstić information content (AvgIpc) is 2.34. The van der Waals surface area contributed by atoms with E-state index in [1.165, 1.54) is 12.1 Å². The lowest BCUT2D eigenvalue weighted by molar-refractivity contribution is 0.482. The second-order valence-corrected chi connectivity index (χ2v) is 7.21. The van der Waals surface area contributed by atoms with Gasteiger partial charge in [0, 0.05) is 12.0 Å². The van der Waals surface area contributed by atoms with Gasteiger partial charge in [-0.3, -0.25) is 9.11 Å². The highest BCUT2D eigenvalue weighted by molar-refractivity contribution is 7.90. The molecule has 1 aromatic carbocycles. The molecule has 0 saturated heterocycles. The molecule has 1 aliphatic carbocycles. The smallest absolute Gasteiger partial charge is 0.297 e. The summed E-state index contributed by atoms with van der Waals surface area (Å²) in [6.45, 7) is 0. The molecule has 1 aromatic rings. The predicted molar refractivity (Wildman–Crippen MR) is 77.0 cm³/mol. The van der Waals surface area contributed by atoms with Crippen LogP contribution in [-0.4, -0.2) is 25.9 Å². The van der Waals surface area contributed by atoms with Gasteiger partial charge in [-0.05, 0) is 29.5 Å². The van der Waals surface area contributed by atoms with Crippen LogP contribution in [0.2, 0.25) is 0 Å². The standard InChI is InChI=1S/C11H12N2O6S2/c12-5-6-3-7(20(14,15)16)4-9-8(6)1-2-10(13)11(9)21(17,18)19/h1-2,4-5H,3,12-13H2,(H,14,15,16)(H,17,18,19). The zero-order chi connectivity index (χ0) is 16.0. The second kappa shape index (κ2) is 4.84. The third-order valence-corrected chi connectivity index (χ3v) is 4.93. The quantitative estimate of drug-likeness (QED) is 0.448. The van der Waals surface area contributed by atoms with Crippen LogP contribution in [0.25, 0.3) is 11.6 Å². The van der Waals surface area contributed by atoms with Crippen molar-refractivity contribution in [3.8, 4) is 0 Å². The van der Waals surface area contributed by atoms with E-state index in [4.69, 9.17) is 16.0 Å². The highest BCUT2D eigenvalue weighted by atomic mass is 32.2. The molecule has 1 aliphatic rings. The Morgan fingerprint density at radius 3 is 2.19 bits per heavy atom. The third-order valence-electron chi connectivity index (χ3n) is 3.03. The van der Waals surface area contributed by atoms with Gasteiger partial charge in [0.2, 0.25) is 0 Å². The van der Waals surface area contributed by atoms with Gasteiger partial charge in [-0.25, -0.2) is 0 Å². The van der Waals surface area contributed by atoms with E-state index in [-0.39, 0.29) is 23.2 Å². The maximum absolute atomic E-state index is 11.5. The molecule has 2 rings (SSSR count). The summed E-state index contributed by atoms with van der Waals surface area (Å²) in [5.74, 6) is 0. The van der Waals surface area contributed by atoms with Crippen molar-refractivity contribution < 1.29 is 25.9 Å². The molecule has 0 radical (unpaired) electrons. The molecule has 114 valence electrons. The van der Waals surface area contributed by atoms with Crippen LogP contribution in [0.1, 0.15) is 17.5 Å². The van der Waals surface area contributed by atoms with Crippen molar-refractivity contribution in [3.63, 3.8) is 0 Å². The third kappa shape index (κ3) is 2.78. The van der Waals surface area contributed by atoms with Crippen LogP contribution in [0.4, 0.5) is 5.69 Å². The molecule has 21 heavy (non-hydrogen) atoms. The van der Waals surface area contributed by atoms with E-state index in [1.807, 2.05) is 0 Å². The largest absolute Gasteiger partial charge is 0.404 e. The van der Waals surface area contributed by atoms with Gasteiger partial charge in [-0.2, -0.15) is 16.8 Å². The van der Waals surface area contributed by atoms with Crippen LogP contribution < -0.4 is 11.5 Å². The fraction of sp³-hybridized carbons (Fsp3) is 0.0909. The molecule has 10 heteroatoms. The first-order chi connectivity index (χ1) is 9.55. The monoisotopic (exact) mass is 332 g/mol. The van der Waals surface area contributed by atoms with Gasteiger partial charge in [0.05, 0.1) is 10.6 Å². The summed E-state index contributed by atoms with van der Waals surface area (Å²) in [7, 11) is -9.23. The van der Waals surface area contributed by atoms with Gasteiger partial charge in [0.15, 0.2) is 0 Å². The minimum atomic E-state index is -4.69. The average molecular weight is 332 g/mol. The molecular formula is C11H12N2O6S2. The van der Waals surface area contributed by atoms with Crippen molar-refractivity contribution in [2.45, 2.75) is 11.3 Å².